The number of nitrogens with zero attached hydrogens (tertiary/aromatic N) is 1. The number of carbonyl (C=O) groups is 2. The molecule has 0 unspecified atom stereocenters. The molecule has 1 heterocycles. The highest BCUT2D eigenvalue weighted by molar-refractivity contribution is 7.92. The standard InChI is InChI=1S/C20H23N3O4S/c1-14-5-8-18(21-15(2)24)13-19(14)28(26,27)22-17-9-6-16(7-10-17)20(25)23-11-3-4-12-23/h5-10,13,22H,3-4,11-12H2,1-2H3,(H,21,24). The molecule has 1 saturated heterocycles. The second-order valence-electron chi connectivity index (χ2n) is 6.84. The van der Waals surface area contributed by atoms with E-state index in [9.17, 15) is 18.0 Å². The first kappa shape index (κ1) is 19.9. The minimum atomic E-state index is -3.85. The fourth-order valence-corrected chi connectivity index (χ4v) is 4.49. The van der Waals surface area contributed by atoms with Crippen molar-refractivity contribution < 1.29 is 18.0 Å². The molecule has 2 amide bonds. The first-order valence-corrected chi connectivity index (χ1v) is 10.5. The lowest BCUT2D eigenvalue weighted by Gasteiger charge is -2.16. The third-order valence-corrected chi connectivity index (χ3v) is 6.10. The SMILES string of the molecule is CC(=O)Nc1ccc(C)c(S(=O)(=O)Nc2ccc(C(=O)N3CCCC3)cc2)c1. The number of rotatable bonds is 5. The van der Waals surface area contributed by atoms with Crippen LogP contribution in [0.4, 0.5) is 11.4 Å². The highest BCUT2D eigenvalue weighted by Crippen LogP contribution is 2.23. The number of hydrogen-bond donors (Lipinski definition) is 2. The number of anilines is 2. The fourth-order valence-electron chi connectivity index (χ4n) is 3.16. The number of aryl methyl sites for hydroxylation is 1. The molecule has 0 atom stereocenters. The van der Waals surface area contributed by atoms with Crippen LogP contribution in [0, 0.1) is 6.92 Å². The molecule has 8 heteroatoms. The molecule has 1 fully saturated rings. The largest absolute Gasteiger partial charge is 0.339 e. The zero-order valence-electron chi connectivity index (χ0n) is 15.9. The molecule has 0 aromatic heterocycles. The van der Waals surface area contributed by atoms with E-state index in [4.69, 9.17) is 0 Å². The van der Waals surface area contributed by atoms with Gasteiger partial charge in [-0.15, -0.1) is 0 Å². The molecule has 2 aromatic carbocycles. The minimum absolute atomic E-state index is 0.0363. The molecule has 0 bridgehead atoms. The van der Waals surface area contributed by atoms with Gasteiger partial charge in [0.05, 0.1) is 4.90 Å². The highest BCUT2D eigenvalue weighted by Gasteiger charge is 2.21. The smallest absolute Gasteiger partial charge is 0.262 e. The first-order chi connectivity index (χ1) is 13.3. The van der Waals surface area contributed by atoms with Crippen molar-refractivity contribution in [1.82, 2.24) is 4.90 Å². The summed E-state index contributed by atoms with van der Waals surface area (Å²) >= 11 is 0. The Hall–Kier alpha value is -2.87. The van der Waals surface area contributed by atoms with Crippen LogP contribution in [0.1, 0.15) is 35.7 Å². The van der Waals surface area contributed by atoms with Gasteiger partial charge in [-0.2, -0.15) is 0 Å². The number of likely N-dealkylation sites (tertiary alicyclic amines) is 1. The average Bonchev–Trinajstić information content (AvgIpc) is 3.17. The summed E-state index contributed by atoms with van der Waals surface area (Å²) in [5.74, 6) is -0.316. The number of sulfonamides is 1. The van der Waals surface area contributed by atoms with Crippen LogP contribution in [0.3, 0.4) is 0 Å². The lowest BCUT2D eigenvalue weighted by Crippen LogP contribution is -2.27. The number of carbonyl (C=O) groups excluding carboxylic acids is 2. The molecular weight excluding hydrogens is 378 g/mol. The van der Waals surface area contributed by atoms with Crippen molar-refractivity contribution >= 4 is 33.2 Å². The molecule has 28 heavy (non-hydrogen) atoms. The molecule has 0 spiro atoms. The summed E-state index contributed by atoms with van der Waals surface area (Å²) in [6.07, 6.45) is 2.03. The summed E-state index contributed by atoms with van der Waals surface area (Å²) in [7, 11) is -3.85. The Morgan fingerprint density at radius 3 is 2.18 bits per heavy atom. The second-order valence-corrected chi connectivity index (χ2v) is 8.49. The summed E-state index contributed by atoms with van der Waals surface area (Å²) < 4.78 is 28.1. The molecule has 2 aromatic rings. The van der Waals surface area contributed by atoms with E-state index in [1.807, 2.05) is 0 Å². The Morgan fingerprint density at radius 2 is 1.57 bits per heavy atom. The maximum absolute atomic E-state index is 12.8. The maximum Gasteiger partial charge on any atom is 0.262 e. The number of nitrogens with one attached hydrogen (secondary N) is 2. The molecule has 1 aliphatic rings. The Kier molecular flexibility index (Phi) is 5.69. The Bertz CT molecular complexity index is 995. The second kappa shape index (κ2) is 8.02. The average molecular weight is 401 g/mol. The quantitative estimate of drug-likeness (QED) is 0.805. The lowest BCUT2D eigenvalue weighted by molar-refractivity contribution is -0.114. The molecule has 0 aliphatic carbocycles. The molecular formula is C20H23N3O4S. The topological polar surface area (TPSA) is 95.6 Å². The Morgan fingerprint density at radius 1 is 0.964 bits per heavy atom. The molecule has 7 nitrogen and oxygen atoms in total. The van der Waals surface area contributed by atoms with E-state index in [1.54, 1.807) is 48.2 Å². The van der Waals surface area contributed by atoms with E-state index in [0.29, 0.717) is 22.5 Å². The van der Waals surface area contributed by atoms with E-state index in [2.05, 4.69) is 10.0 Å². The predicted octanol–water partition coefficient (Wildman–Crippen LogP) is 2.99. The third-order valence-electron chi connectivity index (χ3n) is 4.58. The van der Waals surface area contributed by atoms with Crippen molar-refractivity contribution in [3.8, 4) is 0 Å². The van der Waals surface area contributed by atoms with Crippen molar-refractivity contribution in [2.24, 2.45) is 0 Å². The normalized spacial score (nSPS) is 14.0. The summed E-state index contributed by atoms with van der Waals surface area (Å²) in [6, 6.07) is 11.1. The van der Waals surface area contributed by atoms with Gasteiger partial charge in [-0.3, -0.25) is 14.3 Å². The van der Waals surface area contributed by atoms with Gasteiger partial charge in [0.15, 0.2) is 0 Å². The van der Waals surface area contributed by atoms with Gasteiger partial charge in [-0.05, 0) is 61.7 Å². The van der Waals surface area contributed by atoms with Gasteiger partial charge in [0.25, 0.3) is 15.9 Å². The minimum Gasteiger partial charge on any atom is -0.339 e. The van der Waals surface area contributed by atoms with Crippen molar-refractivity contribution in [2.75, 3.05) is 23.1 Å². The summed E-state index contributed by atoms with van der Waals surface area (Å²) in [6.45, 7) is 4.56. The van der Waals surface area contributed by atoms with E-state index in [0.717, 1.165) is 25.9 Å². The van der Waals surface area contributed by atoms with Gasteiger partial charge in [-0.1, -0.05) is 6.07 Å². The van der Waals surface area contributed by atoms with Crippen LogP contribution < -0.4 is 10.0 Å². The Labute approximate surface area is 164 Å². The summed E-state index contributed by atoms with van der Waals surface area (Å²) in [5, 5.41) is 2.58. The maximum atomic E-state index is 12.8. The van der Waals surface area contributed by atoms with Crippen molar-refractivity contribution in [1.29, 1.82) is 0 Å². The number of benzene rings is 2. The molecule has 3 rings (SSSR count). The summed E-state index contributed by atoms with van der Waals surface area (Å²) in [4.78, 5) is 25.5. The van der Waals surface area contributed by atoms with Crippen LogP contribution in [0.15, 0.2) is 47.4 Å². The van der Waals surface area contributed by atoms with Crippen LogP contribution in [-0.4, -0.2) is 38.2 Å². The fraction of sp³-hybridized carbons (Fsp3) is 0.300. The van der Waals surface area contributed by atoms with Gasteiger partial charge in [0, 0.05) is 37.0 Å². The van der Waals surface area contributed by atoms with Gasteiger partial charge in [0.2, 0.25) is 5.91 Å². The first-order valence-electron chi connectivity index (χ1n) is 9.07. The van der Waals surface area contributed by atoms with Gasteiger partial charge in [0.1, 0.15) is 0 Å². The van der Waals surface area contributed by atoms with Crippen molar-refractivity contribution in [3.05, 3.63) is 53.6 Å². The van der Waals surface area contributed by atoms with Gasteiger partial charge in [-0.25, -0.2) is 8.42 Å². The number of hydrogen-bond acceptors (Lipinski definition) is 4. The van der Waals surface area contributed by atoms with E-state index in [1.165, 1.54) is 13.0 Å². The lowest BCUT2D eigenvalue weighted by atomic mass is 10.2. The highest BCUT2D eigenvalue weighted by atomic mass is 32.2. The van der Waals surface area contributed by atoms with Gasteiger partial charge >= 0.3 is 0 Å². The van der Waals surface area contributed by atoms with E-state index < -0.39 is 10.0 Å². The van der Waals surface area contributed by atoms with Crippen LogP contribution in [-0.2, 0) is 14.8 Å². The molecule has 1 aliphatic heterocycles. The molecule has 0 radical (unpaired) electrons. The number of amides is 2. The van der Waals surface area contributed by atoms with Crippen LogP contribution in [0.25, 0.3) is 0 Å². The zero-order valence-corrected chi connectivity index (χ0v) is 16.7. The third kappa shape index (κ3) is 4.51. The molecule has 0 saturated carbocycles. The molecule has 148 valence electrons. The zero-order chi connectivity index (χ0) is 20.3. The van der Waals surface area contributed by atoms with E-state index in [-0.39, 0.29) is 16.7 Å². The monoisotopic (exact) mass is 401 g/mol. The van der Waals surface area contributed by atoms with Gasteiger partial charge < -0.3 is 10.2 Å². The van der Waals surface area contributed by atoms with Crippen LogP contribution in [0.2, 0.25) is 0 Å². The van der Waals surface area contributed by atoms with E-state index >= 15 is 0 Å². The molecule has 2 N–H and O–H groups in total. The van der Waals surface area contributed by atoms with Crippen LogP contribution in [0.5, 0.6) is 0 Å². The Balaban J connectivity index is 1.79. The summed E-state index contributed by atoms with van der Waals surface area (Å²) in [5.41, 5.74) is 1.86. The van der Waals surface area contributed by atoms with Crippen molar-refractivity contribution in [3.63, 3.8) is 0 Å². The van der Waals surface area contributed by atoms with Crippen LogP contribution >= 0.6 is 0 Å². The predicted molar refractivity (Wildman–Crippen MR) is 108 cm³/mol. The van der Waals surface area contributed by atoms with Crippen molar-refractivity contribution in [2.45, 2.75) is 31.6 Å².